The number of benzene rings is 1. The van der Waals surface area contributed by atoms with Crippen molar-refractivity contribution >= 4 is 5.91 Å². The van der Waals surface area contributed by atoms with E-state index in [9.17, 15) is 4.79 Å². The summed E-state index contributed by atoms with van der Waals surface area (Å²) in [5.41, 5.74) is 0.992. The van der Waals surface area contributed by atoms with Gasteiger partial charge in [-0.15, -0.1) is 0 Å². The molecule has 1 fully saturated rings. The molecule has 116 valence electrons. The molecule has 1 heterocycles. The van der Waals surface area contributed by atoms with Crippen LogP contribution in [-0.2, 0) is 20.9 Å². The number of carbonyl (C=O) groups excluding carboxylic acids is 1. The van der Waals surface area contributed by atoms with Crippen LogP contribution in [0, 0.1) is 0 Å². The molecule has 1 amide bonds. The average Bonchev–Trinajstić information content (AvgIpc) is 2.46. The summed E-state index contributed by atoms with van der Waals surface area (Å²) in [6.45, 7) is 5.71. The third-order valence-corrected chi connectivity index (χ3v) is 3.40. The Morgan fingerprint density at radius 1 is 1.33 bits per heavy atom. The maximum absolute atomic E-state index is 12.1. The molecule has 5 heteroatoms. The molecule has 2 atom stereocenters. The number of carbonyl (C=O) groups is 1. The standard InChI is InChI=1S/C16H23NO4/c1-12-8-17(9-13(2)21-12)16(18)11-20-10-14-5-4-6-15(7-14)19-3/h4-7,12-13H,8-11H2,1-3H3/t12-,13-/m1/s1. The van der Waals surface area contributed by atoms with E-state index in [4.69, 9.17) is 14.2 Å². The summed E-state index contributed by atoms with van der Waals surface area (Å²) in [7, 11) is 1.63. The highest BCUT2D eigenvalue weighted by atomic mass is 16.5. The molecule has 0 aromatic heterocycles. The van der Waals surface area contributed by atoms with Crippen LogP contribution in [0.25, 0.3) is 0 Å². The Balaban J connectivity index is 1.78. The van der Waals surface area contributed by atoms with E-state index in [1.807, 2.05) is 43.0 Å². The van der Waals surface area contributed by atoms with Gasteiger partial charge in [-0.3, -0.25) is 4.79 Å². The molecule has 1 saturated heterocycles. The van der Waals surface area contributed by atoms with Crippen LogP contribution in [0.2, 0.25) is 0 Å². The summed E-state index contributed by atoms with van der Waals surface area (Å²) in [6.07, 6.45) is 0.159. The van der Waals surface area contributed by atoms with Crippen molar-refractivity contribution in [1.29, 1.82) is 0 Å². The zero-order valence-corrected chi connectivity index (χ0v) is 12.9. The highest BCUT2D eigenvalue weighted by molar-refractivity contribution is 5.77. The minimum absolute atomic E-state index is 0.0138. The number of rotatable bonds is 5. The summed E-state index contributed by atoms with van der Waals surface area (Å²) in [6, 6.07) is 7.64. The van der Waals surface area contributed by atoms with Crippen molar-refractivity contribution in [3.8, 4) is 5.75 Å². The first kappa shape index (κ1) is 15.8. The zero-order chi connectivity index (χ0) is 15.2. The number of hydrogen-bond donors (Lipinski definition) is 0. The highest BCUT2D eigenvalue weighted by Crippen LogP contribution is 2.14. The number of nitrogens with zero attached hydrogens (tertiary/aromatic N) is 1. The van der Waals surface area contributed by atoms with Gasteiger partial charge in [-0.1, -0.05) is 12.1 Å². The maximum Gasteiger partial charge on any atom is 0.248 e. The molecule has 21 heavy (non-hydrogen) atoms. The lowest BCUT2D eigenvalue weighted by atomic mass is 10.2. The topological polar surface area (TPSA) is 48.0 Å². The molecule has 0 unspecified atom stereocenters. The van der Waals surface area contributed by atoms with Gasteiger partial charge in [0.25, 0.3) is 0 Å². The second kappa shape index (κ2) is 7.43. The molecule has 0 spiro atoms. The first-order valence-corrected chi connectivity index (χ1v) is 7.22. The quantitative estimate of drug-likeness (QED) is 0.831. The number of morpholine rings is 1. The Kier molecular flexibility index (Phi) is 5.59. The monoisotopic (exact) mass is 293 g/mol. The molecule has 2 rings (SSSR count). The number of ether oxygens (including phenoxy) is 3. The molecule has 1 aromatic rings. The van der Waals surface area contributed by atoms with Crippen LogP contribution in [0.3, 0.4) is 0 Å². The maximum atomic E-state index is 12.1. The van der Waals surface area contributed by atoms with Gasteiger partial charge < -0.3 is 19.1 Å². The summed E-state index contributed by atoms with van der Waals surface area (Å²) >= 11 is 0. The normalized spacial score (nSPS) is 22.1. The van der Waals surface area contributed by atoms with E-state index in [0.29, 0.717) is 19.7 Å². The lowest BCUT2D eigenvalue weighted by Gasteiger charge is -2.35. The van der Waals surface area contributed by atoms with E-state index in [1.54, 1.807) is 7.11 Å². The van der Waals surface area contributed by atoms with Crippen molar-refractivity contribution in [1.82, 2.24) is 4.90 Å². The Morgan fingerprint density at radius 2 is 2.05 bits per heavy atom. The van der Waals surface area contributed by atoms with E-state index in [-0.39, 0.29) is 24.7 Å². The fourth-order valence-corrected chi connectivity index (χ4v) is 2.49. The highest BCUT2D eigenvalue weighted by Gasteiger charge is 2.25. The molecule has 1 aliphatic heterocycles. The van der Waals surface area contributed by atoms with Gasteiger partial charge in [-0.2, -0.15) is 0 Å². The fraction of sp³-hybridized carbons (Fsp3) is 0.562. The van der Waals surface area contributed by atoms with Gasteiger partial charge >= 0.3 is 0 Å². The van der Waals surface area contributed by atoms with Crippen LogP contribution in [0.5, 0.6) is 5.75 Å². The molecule has 0 aliphatic carbocycles. The number of amides is 1. The van der Waals surface area contributed by atoms with E-state index >= 15 is 0 Å². The first-order valence-electron chi connectivity index (χ1n) is 7.22. The predicted octanol–water partition coefficient (Wildman–Crippen LogP) is 1.85. The second-order valence-electron chi connectivity index (χ2n) is 5.40. The van der Waals surface area contributed by atoms with Gasteiger partial charge in [-0.25, -0.2) is 0 Å². The fourth-order valence-electron chi connectivity index (χ4n) is 2.49. The molecule has 0 N–H and O–H groups in total. The van der Waals surface area contributed by atoms with Crippen molar-refractivity contribution < 1.29 is 19.0 Å². The molecule has 5 nitrogen and oxygen atoms in total. The predicted molar refractivity (Wildman–Crippen MR) is 79.2 cm³/mol. The Labute approximate surface area is 125 Å². The van der Waals surface area contributed by atoms with Crippen molar-refractivity contribution in [3.05, 3.63) is 29.8 Å². The number of hydrogen-bond acceptors (Lipinski definition) is 4. The summed E-state index contributed by atoms with van der Waals surface area (Å²) < 4.78 is 16.3. The SMILES string of the molecule is COc1cccc(COCC(=O)N2C[C@@H](C)O[C@H](C)C2)c1. The largest absolute Gasteiger partial charge is 0.497 e. The molecule has 0 saturated carbocycles. The Bertz CT molecular complexity index is 467. The first-order chi connectivity index (χ1) is 10.1. The van der Waals surface area contributed by atoms with Crippen LogP contribution in [0.1, 0.15) is 19.4 Å². The third kappa shape index (κ3) is 4.72. The molecular formula is C16H23NO4. The van der Waals surface area contributed by atoms with E-state index in [2.05, 4.69) is 0 Å². The number of methoxy groups -OCH3 is 1. The van der Waals surface area contributed by atoms with Gasteiger partial charge in [0.15, 0.2) is 0 Å². The summed E-state index contributed by atoms with van der Waals surface area (Å²) in [5.74, 6) is 0.804. The zero-order valence-electron chi connectivity index (χ0n) is 12.9. The summed E-state index contributed by atoms with van der Waals surface area (Å²) in [5, 5.41) is 0. The molecule has 1 aliphatic rings. The molecule has 0 radical (unpaired) electrons. The Hall–Kier alpha value is -1.59. The van der Waals surface area contributed by atoms with Gasteiger partial charge in [-0.05, 0) is 31.5 Å². The van der Waals surface area contributed by atoms with Gasteiger partial charge in [0.1, 0.15) is 12.4 Å². The molecular weight excluding hydrogens is 270 g/mol. The van der Waals surface area contributed by atoms with E-state index < -0.39 is 0 Å². The third-order valence-electron chi connectivity index (χ3n) is 3.40. The van der Waals surface area contributed by atoms with Crippen LogP contribution in [0.15, 0.2) is 24.3 Å². The Morgan fingerprint density at radius 3 is 2.71 bits per heavy atom. The minimum atomic E-state index is 0.0138. The van der Waals surface area contributed by atoms with Crippen molar-refractivity contribution in [3.63, 3.8) is 0 Å². The average molecular weight is 293 g/mol. The van der Waals surface area contributed by atoms with Crippen molar-refractivity contribution in [2.45, 2.75) is 32.7 Å². The summed E-state index contributed by atoms with van der Waals surface area (Å²) in [4.78, 5) is 13.9. The van der Waals surface area contributed by atoms with E-state index in [1.165, 1.54) is 0 Å². The van der Waals surface area contributed by atoms with Crippen molar-refractivity contribution in [2.24, 2.45) is 0 Å². The lowest BCUT2D eigenvalue weighted by molar-refractivity contribution is -0.148. The lowest BCUT2D eigenvalue weighted by Crippen LogP contribution is -2.49. The van der Waals surface area contributed by atoms with Gasteiger partial charge in [0.2, 0.25) is 5.91 Å². The van der Waals surface area contributed by atoms with Crippen LogP contribution in [0.4, 0.5) is 0 Å². The van der Waals surface area contributed by atoms with Gasteiger partial charge in [0.05, 0.1) is 25.9 Å². The molecule has 1 aromatic carbocycles. The molecule has 0 bridgehead atoms. The second-order valence-corrected chi connectivity index (χ2v) is 5.40. The van der Waals surface area contributed by atoms with Crippen LogP contribution >= 0.6 is 0 Å². The van der Waals surface area contributed by atoms with Gasteiger partial charge in [0, 0.05) is 13.1 Å². The van der Waals surface area contributed by atoms with Crippen molar-refractivity contribution in [2.75, 3.05) is 26.8 Å². The van der Waals surface area contributed by atoms with Crippen LogP contribution in [-0.4, -0.2) is 49.8 Å². The van der Waals surface area contributed by atoms with Crippen LogP contribution < -0.4 is 4.74 Å². The smallest absolute Gasteiger partial charge is 0.248 e. The minimum Gasteiger partial charge on any atom is -0.497 e. The van der Waals surface area contributed by atoms with E-state index in [0.717, 1.165) is 11.3 Å².